The number of carbonyl (C=O) groups excluding carboxylic acids is 1. The van der Waals surface area contributed by atoms with Gasteiger partial charge in [-0.15, -0.1) is 11.3 Å². The normalized spacial score (nSPS) is 19.0. The van der Waals surface area contributed by atoms with Crippen molar-refractivity contribution in [3.05, 3.63) is 46.1 Å². The number of nitrogens with zero attached hydrogens (tertiary/aromatic N) is 1. The number of aryl methyl sites for hydroxylation is 1. The van der Waals surface area contributed by atoms with Gasteiger partial charge in [0.05, 0.1) is 18.8 Å². The molecule has 138 valence electrons. The maximum Gasteiger partial charge on any atom is 0.221 e. The summed E-state index contributed by atoms with van der Waals surface area (Å²) >= 11 is 1.78. The first-order valence-electron chi connectivity index (χ1n) is 9.48. The molecule has 1 aliphatic heterocycles. The average Bonchev–Trinajstić information content (AvgIpc) is 3.01. The Hall–Kier alpha value is -1.76. The molecule has 5 nitrogen and oxygen atoms in total. The molecule has 0 spiro atoms. The lowest BCUT2D eigenvalue weighted by atomic mass is 9.89. The first-order chi connectivity index (χ1) is 12.7. The smallest absolute Gasteiger partial charge is 0.221 e. The summed E-state index contributed by atoms with van der Waals surface area (Å²) in [6.07, 6.45) is 8.53. The number of ether oxygens (including phenoxy) is 1. The Morgan fingerprint density at radius 2 is 2.12 bits per heavy atom. The molecule has 0 aromatic carbocycles. The van der Waals surface area contributed by atoms with Gasteiger partial charge >= 0.3 is 0 Å². The summed E-state index contributed by atoms with van der Waals surface area (Å²) in [6.45, 7) is 5.12. The van der Waals surface area contributed by atoms with E-state index in [1.165, 1.54) is 39.3 Å². The van der Waals surface area contributed by atoms with Gasteiger partial charge in [0.1, 0.15) is 24.1 Å². The number of amides is 1. The number of pyridine rings is 1. The molecule has 1 amide bonds. The SMILES string of the molecule is CC(=O)Nc1sc2c(c1[C@@H](c1cccnc1)[NH+]1CCOCC1)CCCC2. The van der Waals surface area contributed by atoms with Gasteiger partial charge in [0, 0.05) is 29.8 Å². The number of thiophene rings is 1. The lowest BCUT2D eigenvalue weighted by Crippen LogP contribution is -3.14. The molecule has 1 aliphatic carbocycles. The molecular formula is C20H26N3O2S+. The second kappa shape index (κ2) is 7.86. The highest BCUT2D eigenvalue weighted by molar-refractivity contribution is 7.16. The highest BCUT2D eigenvalue weighted by Crippen LogP contribution is 2.42. The van der Waals surface area contributed by atoms with E-state index in [1.807, 2.05) is 18.5 Å². The summed E-state index contributed by atoms with van der Waals surface area (Å²) in [7, 11) is 0. The second-order valence-electron chi connectivity index (χ2n) is 7.12. The summed E-state index contributed by atoms with van der Waals surface area (Å²) in [4.78, 5) is 19.2. The summed E-state index contributed by atoms with van der Waals surface area (Å²) < 4.78 is 5.61. The Bertz CT molecular complexity index is 769. The number of hydrogen-bond donors (Lipinski definition) is 2. The summed E-state index contributed by atoms with van der Waals surface area (Å²) in [5.74, 6) is 0.00626. The van der Waals surface area contributed by atoms with Crippen LogP contribution in [0.25, 0.3) is 0 Å². The van der Waals surface area contributed by atoms with E-state index in [0.29, 0.717) is 0 Å². The summed E-state index contributed by atoms with van der Waals surface area (Å²) in [5, 5.41) is 4.17. The number of fused-ring (bicyclic) bond motifs is 1. The number of morpholine rings is 1. The first kappa shape index (κ1) is 17.6. The molecule has 6 heteroatoms. The summed E-state index contributed by atoms with van der Waals surface area (Å²) in [5.41, 5.74) is 4.02. The van der Waals surface area contributed by atoms with Crippen molar-refractivity contribution in [2.45, 2.75) is 38.6 Å². The number of nitrogens with one attached hydrogen (secondary N) is 2. The van der Waals surface area contributed by atoms with Crippen LogP contribution in [-0.4, -0.2) is 37.2 Å². The van der Waals surface area contributed by atoms with Crippen LogP contribution in [0.1, 0.15) is 47.4 Å². The van der Waals surface area contributed by atoms with E-state index in [-0.39, 0.29) is 11.9 Å². The Morgan fingerprint density at radius 3 is 2.85 bits per heavy atom. The molecule has 3 heterocycles. The molecule has 2 aromatic heterocycles. The quantitative estimate of drug-likeness (QED) is 0.863. The van der Waals surface area contributed by atoms with Crippen LogP contribution in [0.2, 0.25) is 0 Å². The fourth-order valence-corrected chi connectivity index (χ4v) is 5.60. The van der Waals surface area contributed by atoms with Crippen molar-refractivity contribution in [2.24, 2.45) is 0 Å². The van der Waals surface area contributed by atoms with Crippen LogP contribution in [0.5, 0.6) is 0 Å². The second-order valence-corrected chi connectivity index (χ2v) is 8.23. The number of carbonyl (C=O) groups is 1. The Labute approximate surface area is 158 Å². The maximum atomic E-state index is 11.9. The van der Waals surface area contributed by atoms with Crippen LogP contribution >= 0.6 is 11.3 Å². The standard InChI is InChI=1S/C20H25N3O2S/c1-14(24)22-20-18(16-6-2-3-7-17(16)26-20)19(15-5-4-8-21-13-15)23-9-11-25-12-10-23/h4-5,8,13,19H,2-3,6-7,9-12H2,1H3,(H,22,24)/p+1/t19-/m1/s1. The topological polar surface area (TPSA) is 55.7 Å². The van der Waals surface area contributed by atoms with Crippen molar-refractivity contribution >= 4 is 22.2 Å². The Morgan fingerprint density at radius 1 is 1.31 bits per heavy atom. The molecule has 1 fully saturated rings. The number of aromatic nitrogens is 1. The van der Waals surface area contributed by atoms with Gasteiger partial charge in [-0.05, 0) is 43.4 Å². The van der Waals surface area contributed by atoms with E-state index < -0.39 is 0 Å². The van der Waals surface area contributed by atoms with Crippen molar-refractivity contribution < 1.29 is 14.4 Å². The lowest BCUT2D eigenvalue weighted by Gasteiger charge is -2.33. The van der Waals surface area contributed by atoms with E-state index in [4.69, 9.17) is 4.74 Å². The third-order valence-electron chi connectivity index (χ3n) is 5.35. The Balaban J connectivity index is 1.84. The number of anilines is 1. The van der Waals surface area contributed by atoms with Gasteiger partial charge in [0.2, 0.25) is 5.91 Å². The highest BCUT2D eigenvalue weighted by Gasteiger charge is 2.35. The van der Waals surface area contributed by atoms with Crippen LogP contribution in [0.15, 0.2) is 24.5 Å². The van der Waals surface area contributed by atoms with Crippen LogP contribution in [0.4, 0.5) is 5.00 Å². The fraction of sp³-hybridized carbons (Fsp3) is 0.500. The van der Waals surface area contributed by atoms with Crippen molar-refractivity contribution in [3.63, 3.8) is 0 Å². The first-order valence-corrected chi connectivity index (χ1v) is 10.3. The molecule has 26 heavy (non-hydrogen) atoms. The van der Waals surface area contributed by atoms with Crippen molar-refractivity contribution in [3.8, 4) is 0 Å². The molecule has 0 radical (unpaired) electrons. The predicted octanol–water partition coefficient (Wildman–Crippen LogP) is 1.98. The summed E-state index contributed by atoms with van der Waals surface area (Å²) in [6, 6.07) is 4.39. The maximum absolute atomic E-state index is 11.9. The number of rotatable bonds is 4. The predicted molar refractivity (Wildman–Crippen MR) is 103 cm³/mol. The molecule has 1 saturated heterocycles. The minimum atomic E-state index is 0.00626. The van der Waals surface area contributed by atoms with Crippen LogP contribution < -0.4 is 10.2 Å². The molecule has 4 rings (SSSR count). The zero-order valence-electron chi connectivity index (χ0n) is 15.2. The van der Waals surface area contributed by atoms with Crippen molar-refractivity contribution in [2.75, 3.05) is 31.6 Å². The van der Waals surface area contributed by atoms with Gasteiger partial charge < -0.3 is 15.0 Å². The largest absolute Gasteiger partial charge is 0.370 e. The van der Waals surface area contributed by atoms with Crippen LogP contribution in [-0.2, 0) is 22.4 Å². The van der Waals surface area contributed by atoms with Gasteiger partial charge in [-0.1, -0.05) is 0 Å². The third-order valence-corrected chi connectivity index (χ3v) is 6.57. The Kier molecular flexibility index (Phi) is 5.33. The van der Waals surface area contributed by atoms with E-state index in [9.17, 15) is 4.79 Å². The third kappa shape index (κ3) is 3.54. The number of quaternary nitrogens is 1. The van der Waals surface area contributed by atoms with Crippen molar-refractivity contribution in [1.82, 2.24) is 4.98 Å². The van der Waals surface area contributed by atoms with Crippen molar-refractivity contribution in [1.29, 1.82) is 0 Å². The average molecular weight is 373 g/mol. The number of hydrogen-bond acceptors (Lipinski definition) is 4. The highest BCUT2D eigenvalue weighted by atomic mass is 32.1. The zero-order valence-corrected chi connectivity index (χ0v) is 16.0. The zero-order chi connectivity index (χ0) is 17.9. The van der Waals surface area contributed by atoms with E-state index in [1.54, 1.807) is 18.3 Å². The van der Waals surface area contributed by atoms with Gasteiger partial charge in [-0.2, -0.15) is 0 Å². The van der Waals surface area contributed by atoms with Crippen LogP contribution in [0, 0.1) is 0 Å². The molecule has 2 aliphatic rings. The van der Waals surface area contributed by atoms with E-state index >= 15 is 0 Å². The minimum Gasteiger partial charge on any atom is -0.370 e. The molecule has 1 atom stereocenters. The monoisotopic (exact) mass is 372 g/mol. The lowest BCUT2D eigenvalue weighted by molar-refractivity contribution is -0.933. The molecular weight excluding hydrogens is 346 g/mol. The minimum absolute atomic E-state index is 0.00626. The fourth-order valence-electron chi connectivity index (χ4n) is 4.22. The van der Waals surface area contributed by atoms with E-state index in [0.717, 1.165) is 44.1 Å². The molecule has 0 unspecified atom stereocenters. The van der Waals surface area contributed by atoms with Gasteiger partial charge in [-0.3, -0.25) is 9.78 Å². The van der Waals surface area contributed by atoms with Gasteiger partial charge in [0.25, 0.3) is 0 Å². The van der Waals surface area contributed by atoms with Crippen LogP contribution in [0.3, 0.4) is 0 Å². The molecule has 0 bridgehead atoms. The molecule has 0 saturated carbocycles. The molecule has 2 N–H and O–H groups in total. The molecule has 2 aromatic rings. The van der Waals surface area contributed by atoms with E-state index in [2.05, 4.69) is 16.4 Å². The van der Waals surface area contributed by atoms with Gasteiger partial charge in [-0.25, -0.2) is 0 Å². The van der Waals surface area contributed by atoms with Gasteiger partial charge in [0.15, 0.2) is 0 Å².